The van der Waals surface area contributed by atoms with Crippen molar-refractivity contribution in [2.75, 3.05) is 11.9 Å². The van der Waals surface area contributed by atoms with Gasteiger partial charge in [0.25, 0.3) is 5.91 Å². The number of anilines is 1. The third kappa shape index (κ3) is 4.18. The smallest absolute Gasteiger partial charge is 0.262 e. The number of ether oxygens (including phenoxy) is 1. The topological polar surface area (TPSA) is 51.2 Å². The summed E-state index contributed by atoms with van der Waals surface area (Å²) in [6.07, 6.45) is 0. The minimum atomic E-state index is -0.204. The lowest BCUT2D eigenvalue weighted by Gasteiger charge is -2.09. The molecule has 0 spiro atoms. The molecule has 0 atom stereocenters. The second-order valence-corrected chi connectivity index (χ2v) is 6.62. The highest BCUT2D eigenvalue weighted by molar-refractivity contribution is 5.92. The molecule has 4 rings (SSSR count). The van der Waals surface area contributed by atoms with Gasteiger partial charge in [0.05, 0.1) is 11.2 Å². The Bertz CT molecular complexity index is 1140. The highest BCUT2D eigenvalue weighted by atomic mass is 16.5. The number of nitrogens with zero attached hydrogens (tertiary/aromatic N) is 1. The Kier molecular flexibility index (Phi) is 5.02. The van der Waals surface area contributed by atoms with E-state index in [1.165, 1.54) is 0 Å². The van der Waals surface area contributed by atoms with Crippen LogP contribution in [0, 0.1) is 6.92 Å². The standard InChI is InChI=1S/C24H20N2O2/c1-17-6-4-10-21(14-17)28-16-24(27)25-20-9-5-8-19(15-20)23-13-12-18-7-2-3-11-22(18)26-23/h2-15H,16H2,1H3,(H,25,27). The van der Waals surface area contributed by atoms with Crippen molar-refractivity contribution in [3.8, 4) is 17.0 Å². The molecule has 4 nitrogen and oxygen atoms in total. The number of aryl methyl sites for hydroxylation is 1. The number of pyridine rings is 1. The van der Waals surface area contributed by atoms with Crippen LogP contribution < -0.4 is 10.1 Å². The van der Waals surface area contributed by atoms with Gasteiger partial charge in [0, 0.05) is 16.6 Å². The number of amides is 1. The third-order valence-corrected chi connectivity index (χ3v) is 4.40. The summed E-state index contributed by atoms with van der Waals surface area (Å²) in [6.45, 7) is 1.95. The molecular formula is C24H20N2O2. The van der Waals surface area contributed by atoms with Crippen LogP contribution in [0.1, 0.15) is 5.56 Å². The molecule has 0 aliphatic carbocycles. The van der Waals surface area contributed by atoms with Crippen LogP contribution in [0.4, 0.5) is 5.69 Å². The molecule has 1 amide bonds. The van der Waals surface area contributed by atoms with Crippen molar-refractivity contribution in [1.29, 1.82) is 0 Å². The number of benzene rings is 3. The molecule has 0 aliphatic heterocycles. The molecule has 0 saturated carbocycles. The van der Waals surface area contributed by atoms with Crippen LogP contribution >= 0.6 is 0 Å². The lowest BCUT2D eigenvalue weighted by atomic mass is 10.1. The number of carbonyl (C=O) groups excluding carboxylic acids is 1. The third-order valence-electron chi connectivity index (χ3n) is 4.40. The fourth-order valence-corrected chi connectivity index (χ4v) is 3.03. The molecule has 0 bridgehead atoms. The van der Waals surface area contributed by atoms with E-state index in [-0.39, 0.29) is 12.5 Å². The first-order chi connectivity index (χ1) is 13.7. The van der Waals surface area contributed by atoms with Gasteiger partial charge in [0.15, 0.2) is 6.61 Å². The van der Waals surface area contributed by atoms with Gasteiger partial charge in [-0.05, 0) is 48.9 Å². The van der Waals surface area contributed by atoms with Crippen LogP contribution in [0.5, 0.6) is 5.75 Å². The normalized spacial score (nSPS) is 10.6. The molecular weight excluding hydrogens is 348 g/mol. The number of nitrogens with one attached hydrogen (secondary N) is 1. The van der Waals surface area contributed by atoms with Gasteiger partial charge >= 0.3 is 0 Å². The second-order valence-electron chi connectivity index (χ2n) is 6.62. The zero-order chi connectivity index (χ0) is 19.3. The molecule has 0 saturated heterocycles. The van der Waals surface area contributed by atoms with Crippen LogP contribution in [0.25, 0.3) is 22.2 Å². The summed E-state index contributed by atoms with van der Waals surface area (Å²) < 4.78 is 5.56. The lowest BCUT2D eigenvalue weighted by molar-refractivity contribution is -0.118. The highest BCUT2D eigenvalue weighted by Crippen LogP contribution is 2.23. The Morgan fingerprint density at radius 1 is 0.929 bits per heavy atom. The lowest BCUT2D eigenvalue weighted by Crippen LogP contribution is -2.20. The van der Waals surface area contributed by atoms with Crippen LogP contribution in [-0.2, 0) is 4.79 Å². The molecule has 4 aromatic rings. The largest absolute Gasteiger partial charge is 0.484 e. The summed E-state index contributed by atoms with van der Waals surface area (Å²) in [4.78, 5) is 17.0. The van der Waals surface area contributed by atoms with Gasteiger partial charge in [-0.25, -0.2) is 4.98 Å². The first-order valence-corrected chi connectivity index (χ1v) is 9.13. The molecule has 138 valence electrons. The molecule has 0 unspecified atom stereocenters. The summed E-state index contributed by atoms with van der Waals surface area (Å²) in [6, 6.07) is 27.3. The van der Waals surface area contributed by atoms with Gasteiger partial charge in [-0.3, -0.25) is 4.79 Å². The minimum Gasteiger partial charge on any atom is -0.484 e. The van der Waals surface area contributed by atoms with E-state index < -0.39 is 0 Å². The van der Waals surface area contributed by atoms with E-state index in [0.717, 1.165) is 27.7 Å². The number of fused-ring (bicyclic) bond motifs is 1. The van der Waals surface area contributed by atoms with Gasteiger partial charge in [0.1, 0.15) is 5.75 Å². The Morgan fingerprint density at radius 3 is 2.68 bits per heavy atom. The van der Waals surface area contributed by atoms with Crippen molar-refractivity contribution in [1.82, 2.24) is 4.98 Å². The molecule has 0 radical (unpaired) electrons. The van der Waals surface area contributed by atoms with E-state index >= 15 is 0 Å². The van der Waals surface area contributed by atoms with E-state index in [1.54, 1.807) is 0 Å². The average molecular weight is 368 g/mol. The monoisotopic (exact) mass is 368 g/mol. The van der Waals surface area contributed by atoms with Gasteiger partial charge in [-0.2, -0.15) is 0 Å². The van der Waals surface area contributed by atoms with E-state index in [2.05, 4.69) is 11.4 Å². The summed E-state index contributed by atoms with van der Waals surface area (Å²) in [5, 5.41) is 3.98. The Morgan fingerprint density at radius 2 is 1.79 bits per heavy atom. The Balaban J connectivity index is 1.46. The number of hydrogen-bond acceptors (Lipinski definition) is 3. The number of para-hydroxylation sites is 1. The van der Waals surface area contributed by atoms with Crippen LogP contribution in [0.15, 0.2) is 84.9 Å². The van der Waals surface area contributed by atoms with E-state index in [1.807, 2.05) is 85.8 Å². The zero-order valence-corrected chi connectivity index (χ0v) is 15.6. The van der Waals surface area contributed by atoms with Gasteiger partial charge in [-0.1, -0.05) is 48.5 Å². The molecule has 4 heteroatoms. The maximum Gasteiger partial charge on any atom is 0.262 e. The van der Waals surface area contributed by atoms with Crippen LogP contribution in [-0.4, -0.2) is 17.5 Å². The fraction of sp³-hybridized carbons (Fsp3) is 0.0833. The highest BCUT2D eigenvalue weighted by Gasteiger charge is 2.07. The fourth-order valence-electron chi connectivity index (χ4n) is 3.03. The number of carbonyl (C=O) groups is 1. The van der Waals surface area contributed by atoms with Crippen LogP contribution in [0.2, 0.25) is 0 Å². The number of rotatable bonds is 5. The molecule has 1 aromatic heterocycles. The van der Waals surface area contributed by atoms with Crippen molar-refractivity contribution in [3.05, 3.63) is 90.5 Å². The summed E-state index contributed by atoms with van der Waals surface area (Å²) in [5.41, 5.74) is 4.56. The number of aromatic nitrogens is 1. The number of hydrogen-bond donors (Lipinski definition) is 1. The van der Waals surface area contributed by atoms with Gasteiger partial charge in [0.2, 0.25) is 0 Å². The first-order valence-electron chi connectivity index (χ1n) is 9.13. The zero-order valence-electron chi connectivity index (χ0n) is 15.6. The summed E-state index contributed by atoms with van der Waals surface area (Å²) >= 11 is 0. The summed E-state index contributed by atoms with van der Waals surface area (Å²) in [5.74, 6) is 0.481. The van der Waals surface area contributed by atoms with E-state index in [9.17, 15) is 4.79 Å². The SMILES string of the molecule is Cc1cccc(OCC(=O)Nc2cccc(-c3ccc4ccccc4n3)c2)c1. The van der Waals surface area contributed by atoms with Gasteiger partial charge in [-0.15, -0.1) is 0 Å². The minimum absolute atomic E-state index is 0.0398. The summed E-state index contributed by atoms with van der Waals surface area (Å²) in [7, 11) is 0. The molecule has 0 fully saturated rings. The Hall–Kier alpha value is -3.66. The molecule has 0 aliphatic rings. The van der Waals surface area contributed by atoms with Crippen LogP contribution in [0.3, 0.4) is 0 Å². The van der Waals surface area contributed by atoms with Gasteiger partial charge < -0.3 is 10.1 Å². The predicted octanol–water partition coefficient (Wildman–Crippen LogP) is 5.23. The van der Waals surface area contributed by atoms with Crippen molar-refractivity contribution < 1.29 is 9.53 Å². The van der Waals surface area contributed by atoms with Crippen molar-refractivity contribution in [2.24, 2.45) is 0 Å². The quantitative estimate of drug-likeness (QED) is 0.525. The maximum atomic E-state index is 12.2. The van der Waals surface area contributed by atoms with E-state index in [0.29, 0.717) is 11.4 Å². The predicted molar refractivity (Wildman–Crippen MR) is 112 cm³/mol. The van der Waals surface area contributed by atoms with E-state index in [4.69, 9.17) is 9.72 Å². The molecule has 1 N–H and O–H groups in total. The average Bonchev–Trinajstić information content (AvgIpc) is 2.72. The Labute approximate surface area is 163 Å². The first kappa shape index (κ1) is 17.7. The molecule has 3 aromatic carbocycles. The maximum absolute atomic E-state index is 12.2. The molecule has 1 heterocycles. The van der Waals surface area contributed by atoms with Crippen molar-refractivity contribution in [2.45, 2.75) is 6.92 Å². The molecule has 28 heavy (non-hydrogen) atoms. The second kappa shape index (κ2) is 7.92. The van der Waals surface area contributed by atoms with Crippen molar-refractivity contribution in [3.63, 3.8) is 0 Å². The van der Waals surface area contributed by atoms with Crippen molar-refractivity contribution >= 4 is 22.5 Å².